The lowest BCUT2D eigenvalue weighted by Gasteiger charge is -2.28. The Labute approximate surface area is 118 Å². The molecule has 6 heteroatoms. The molecule has 0 unspecified atom stereocenters. The number of pyridine rings is 1. The Morgan fingerprint density at radius 2 is 2.00 bits per heavy atom. The number of nitrogens with zero attached hydrogens (tertiary/aromatic N) is 2. The summed E-state index contributed by atoms with van der Waals surface area (Å²) in [5, 5.41) is 11.6. The fourth-order valence-electron chi connectivity index (χ4n) is 1.99. The number of carbonyl (C=O) groups excluding carboxylic acids is 1. The molecule has 110 valence electrons. The summed E-state index contributed by atoms with van der Waals surface area (Å²) in [6, 6.07) is 2.78. The summed E-state index contributed by atoms with van der Waals surface area (Å²) in [4.78, 5) is 28.4. The highest BCUT2D eigenvalue weighted by Gasteiger charge is 2.20. The molecule has 0 aliphatic heterocycles. The maximum absolute atomic E-state index is 11.9. The van der Waals surface area contributed by atoms with Gasteiger partial charge in [-0.1, -0.05) is 13.8 Å². The molecular formula is C14H21N3O3. The highest BCUT2D eigenvalue weighted by atomic mass is 16.4. The molecule has 1 aromatic heterocycles. The quantitative estimate of drug-likeness (QED) is 0.814. The van der Waals surface area contributed by atoms with Gasteiger partial charge in [0.2, 0.25) is 0 Å². The zero-order valence-electron chi connectivity index (χ0n) is 12.3. The Balaban J connectivity index is 2.61. The van der Waals surface area contributed by atoms with Crippen LogP contribution in [0.25, 0.3) is 0 Å². The Bertz CT molecular complexity index is 481. The molecule has 0 radical (unpaired) electrons. The normalized spacial score (nSPS) is 11.4. The van der Waals surface area contributed by atoms with Gasteiger partial charge in [0.15, 0.2) is 0 Å². The smallest absolute Gasteiger partial charge is 0.354 e. The van der Waals surface area contributed by atoms with Crippen molar-refractivity contribution in [3.8, 4) is 0 Å². The van der Waals surface area contributed by atoms with Gasteiger partial charge in [-0.3, -0.25) is 4.79 Å². The molecule has 1 heterocycles. The monoisotopic (exact) mass is 279 g/mol. The summed E-state index contributed by atoms with van der Waals surface area (Å²) in [5.41, 5.74) is 0.235. The fourth-order valence-corrected chi connectivity index (χ4v) is 1.99. The maximum atomic E-state index is 11.9. The Morgan fingerprint density at radius 3 is 2.45 bits per heavy atom. The van der Waals surface area contributed by atoms with E-state index in [-0.39, 0.29) is 17.0 Å². The number of aromatic carboxylic acids is 1. The van der Waals surface area contributed by atoms with Crippen LogP contribution in [-0.4, -0.2) is 54.1 Å². The van der Waals surface area contributed by atoms with Gasteiger partial charge in [-0.15, -0.1) is 0 Å². The minimum atomic E-state index is -1.11. The summed E-state index contributed by atoms with van der Waals surface area (Å²) < 4.78 is 0. The second kappa shape index (κ2) is 6.47. The van der Waals surface area contributed by atoms with Gasteiger partial charge < -0.3 is 15.3 Å². The third-order valence-electron chi connectivity index (χ3n) is 2.72. The van der Waals surface area contributed by atoms with E-state index in [1.165, 1.54) is 18.3 Å². The topological polar surface area (TPSA) is 82.5 Å². The number of carboxylic acids is 1. The Hall–Kier alpha value is -1.95. The van der Waals surface area contributed by atoms with Crippen LogP contribution in [0.3, 0.4) is 0 Å². The molecule has 0 fully saturated rings. The lowest BCUT2D eigenvalue weighted by atomic mass is 9.93. The van der Waals surface area contributed by atoms with Crippen LogP contribution in [-0.2, 0) is 0 Å². The van der Waals surface area contributed by atoms with E-state index in [0.717, 1.165) is 6.54 Å². The molecule has 0 aromatic carbocycles. The molecule has 6 nitrogen and oxygen atoms in total. The van der Waals surface area contributed by atoms with Gasteiger partial charge in [0.25, 0.3) is 5.91 Å². The van der Waals surface area contributed by atoms with E-state index in [0.29, 0.717) is 12.1 Å². The molecule has 0 atom stereocenters. The molecule has 20 heavy (non-hydrogen) atoms. The second-order valence-corrected chi connectivity index (χ2v) is 5.82. The van der Waals surface area contributed by atoms with Crippen LogP contribution in [0.5, 0.6) is 0 Å². The largest absolute Gasteiger partial charge is 0.477 e. The molecule has 1 amide bonds. The van der Waals surface area contributed by atoms with E-state index in [9.17, 15) is 9.59 Å². The average Bonchev–Trinajstić information content (AvgIpc) is 2.34. The lowest BCUT2D eigenvalue weighted by molar-refractivity contribution is 0.0689. The predicted octanol–water partition coefficient (Wildman–Crippen LogP) is 1.10. The zero-order valence-corrected chi connectivity index (χ0v) is 12.3. The van der Waals surface area contributed by atoms with Crippen molar-refractivity contribution in [2.75, 3.05) is 27.2 Å². The number of aromatic nitrogens is 1. The van der Waals surface area contributed by atoms with Crippen LogP contribution in [0.2, 0.25) is 0 Å². The van der Waals surface area contributed by atoms with Crippen LogP contribution in [0, 0.1) is 5.41 Å². The van der Waals surface area contributed by atoms with E-state index in [1.807, 2.05) is 14.1 Å². The summed E-state index contributed by atoms with van der Waals surface area (Å²) >= 11 is 0. The first-order valence-electron chi connectivity index (χ1n) is 6.33. The molecule has 1 aromatic rings. The van der Waals surface area contributed by atoms with E-state index in [1.54, 1.807) is 0 Å². The van der Waals surface area contributed by atoms with Gasteiger partial charge in [-0.05, 0) is 31.6 Å². The van der Waals surface area contributed by atoms with Gasteiger partial charge in [0.05, 0.1) is 5.56 Å². The Morgan fingerprint density at radius 1 is 1.35 bits per heavy atom. The highest BCUT2D eigenvalue weighted by molar-refractivity contribution is 5.94. The third kappa shape index (κ3) is 4.97. The molecule has 0 saturated heterocycles. The van der Waals surface area contributed by atoms with Crippen LogP contribution < -0.4 is 5.32 Å². The van der Waals surface area contributed by atoms with Gasteiger partial charge in [-0.2, -0.15) is 0 Å². The predicted molar refractivity (Wildman–Crippen MR) is 75.9 cm³/mol. The molecular weight excluding hydrogens is 258 g/mol. The van der Waals surface area contributed by atoms with Gasteiger partial charge in [0.1, 0.15) is 5.69 Å². The van der Waals surface area contributed by atoms with Crippen molar-refractivity contribution in [1.82, 2.24) is 15.2 Å². The van der Waals surface area contributed by atoms with Crippen LogP contribution >= 0.6 is 0 Å². The van der Waals surface area contributed by atoms with Crippen molar-refractivity contribution in [1.29, 1.82) is 0 Å². The third-order valence-corrected chi connectivity index (χ3v) is 2.72. The zero-order chi connectivity index (χ0) is 15.3. The molecule has 0 aliphatic rings. The number of hydrogen-bond donors (Lipinski definition) is 2. The number of hydrogen-bond acceptors (Lipinski definition) is 4. The minimum Gasteiger partial charge on any atom is -0.477 e. The van der Waals surface area contributed by atoms with Crippen molar-refractivity contribution in [3.05, 3.63) is 29.6 Å². The number of carbonyl (C=O) groups is 2. The van der Waals surface area contributed by atoms with E-state index in [2.05, 4.69) is 29.0 Å². The molecule has 0 spiro atoms. The first kappa shape index (κ1) is 16.1. The molecule has 2 N–H and O–H groups in total. The number of nitrogens with one attached hydrogen (secondary N) is 1. The SMILES string of the molecule is CN(C)CC(C)(C)CNC(=O)c1ccc(C(=O)O)nc1. The van der Waals surface area contributed by atoms with Crippen molar-refractivity contribution in [2.24, 2.45) is 5.41 Å². The summed E-state index contributed by atoms with van der Waals surface area (Å²) in [6.07, 6.45) is 1.28. The lowest BCUT2D eigenvalue weighted by Crippen LogP contribution is -2.40. The molecule has 0 bridgehead atoms. The minimum absolute atomic E-state index is 0.0480. The van der Waals surface area contributed by atoms with Crippen LogP contribution in [0.1, 0.15) is 34.7 Å². The number of carboxylic acid groups (broad SMARTS) is 1. The molecule has 1 rings (SSSR count). The van der Waals surface area contributed by atoms with E-state index >= 15 is 0 Å². The number of amides is 1. The van der Waals surface area contributed by atoms with Crippen molar-refractivity contribution in [3.63, 3.8) is 0 Å². The second-order valence-electron chi connectivity index (χ2n) is 5.82. The summed E-state index contributed by atoms with van der Waals surface area (Å²) in [6.45, 7) is 5.52. The van der Waals surface area contributed by atoms with Gasteiger partial charge >= 0.3 is 5.97 Å². The first-order valence-corrected chi connectivity index (χ1v) is 6.33. The van der Waals surface area contributed by atoms with Crippen LogP contribution in [0.15, 0.2) is 18.3 Å². The number of rotatable bonds is 6. The Kier molecular flexibility index (Phi) is 5.21. The molecule has 0 aliphatic carbocycles. The fraction of sp³-hybridized carbons (Fsp3) is 0.500. The maximum Gasteiger partial charge on any atom is 0.354 e. The van der Waals surface area contributed by atoms with Crippen molar-refractivity contribution < 1.29 is 14.7 Å². The standard InChI is InChI=1S/C14H21N3O3/c1-14(2,9-17(3)4)8-16-12(18)10-5-6-11(13(19)20)15-7-10/h5-7H,8-9H2,1-4H3,(H,16,18)(H,19,20). The van der Waals surface area contributed by atoms with Crippen LogP contribution in [0.4, 0.5) is 0 Å². The van der Waals surface area contributed by atoms with Gasteiger partial charge in [-0.25, -0.2) is 9.78 Å². The summed E-state index contributed by atoms with van der Waals surface area (Å²) in [5.74, 6) is -1.36. The molecule has 0 saturated carbocycles. The van der Waals surface area contributed by atoms with E-state index < -0.39 is 5.97 Å². The first-order chi connectivity index (χ1) is 9.21. The summed E-state index contributed by atoms with van der Waals surface area (Å²) in [7, 11) is 3.97. The highest BCUT2D eigenvalue weighted by Crippen LogP contribution is 2.14. The van der Waals surface area contributed by atoms with Gasteiger partial charge in [0, 0.05) is 19.3 Å². The van der Waals surface area contributed by atoms with E-state index in [4.69, 9.17) is 5.11 Å². The van der Waals surface area contributed by atoms with Crippen molar-refractivity contribution in [2.45, 2.75) is 13.8 Å². The average molecular weight is 279 g/mol. The van der Waals surface area contributed by atoms with Crippen molar-refractivity contribution >= 4 is 11.9 Å².